The first-order chi connectivity index (χ1) is 14.7. The van der Waals surface area contributed by atoms with Crippen molar-refractivity contribution in [3.63, 3.8) is 0 Å². The van der Waals surface area contributed by atoms with Gasteiger partial charge < -0.3 is 10.2 Å². The number of hydrogen-bond donors (Lipinski definition) is 2. The van der Waals surface area contributed by atoms with Gasteiger partial charge in [0.2, 0.25) is 0 Å². The maximum Gasteiger partial charge on any atom is 0.261 e. The fraction of sp³-hybridized carbons (Fsp3) is 0.435. The quantitative estimate of drug-likeness (QED) is 0.574. The third-order valence-corrected chi connectivity index (χ3v) is 7.11. The Labute approximate surface area is 190 Å². The average molecular weight is 464 g/mol. The number of rotatable bonds is 8. The van der Waals surface area contributed by atoms with Gasteiger partial charge in [-0.2, -0.15) is 0 Å². The number of halogens is 1. The molecule has 2 atom stereocenters. The summed E-state index contributed by atoms with van der Waals surface area (Å²) in [6.07, 6.45) is 2.15. The van der Waals surface area contributed by atoms with E-state index in [4.69, 9.17) is 11.6 Å². The van der Waals surface area contributed by atoms with Crippen LogP contribution in [-0.4, -0.2) is 45.4 Å². The van der Waals surface area contributed by atoms with Gasteiger partial charge in [-0.3, -0.25) is 9.52 Å². The summed E-state index contributed by atoms with van der Waals surface area (Å²) in [7, 11) is -3.71. The second-order valence-electron chi connectivity index (χ2n) is 8.43. The van der Waals surface area contributed by atoms with Gasteiger partial charge in [-0.25, -0.2) is 8.42 Å². The number of anilines is 1. The molecule has 6 nitrogen and oxygen atoms in total. The van der Waals surface area contributed by atoms with Crippen LogP contribution in [0.5, 0.6) is 0 Å². The molecule has 1 aliphatic heterocycles. The van der Waals surface area contributed by atoms with E-state index in [0.717, 1.165) is 37.9 Å². The summed E-state index contributed by atoms with van der Waals surface area (Å²) in [4.78, 5) is 15.1. The van der Waals surface area contributed by atoms with Crippen molar-refractivity contribution in [2.75, 3.05) is 30.9 Å². The monoisotopic (exact) mass is 463 g/mol. The molecule has 1 saturated heterocycles. The molecule has 2 aromatic carbocycles. The average Bonchev–Trinajstić information content (AvgIpc) is 2.71. The molecule has 0 spiro atoms. The summed E-state index contributed by atoms with van der Waals surface area (Å²) in [6.45, 7) is 8.33. The molecule has 0 aliphatic carbocycles. The van der Waals surface area contributed by atoms with E-state index in [0.29, 0.717) is 17.8 Å². The van der Waals surface area contributed by atoms with Gasteiger partial charge in [0, 0.05) is 19.6 Å². The topological polar surface area (TPSA) is 78.5 Å². The molecule has 2 aromatic rings. The summed E-state index contributed by atoms with van der Waals surface area (Å²) in [6, 6.07) is 12.6. The standard InChI is InChI=1S/C23H30ClN3O3S/c1-17-13-18(2)16-27(15-17)12-6-11-25-23(28)21-10-9-19(14-22(21)24)26-31(29,30)20-7-4-3-5-8-20/h3-5,7-10,14,17-18,26H,6,11-13,15-16H2,1-2H3,(H,25,28). The third kappa shape index (κ3) is 6.69. The van der Waals surface area contributed by atoms with E-state index in [1.54, 1.807) is 18.2 Å². The van der Waals surface area contributed by atoms with E-state index >= 15 is 0 Å². The number of amides is 1. The molecule has 2 N–H and O–H groups in total. The zero-order valence-corrected chi connectivity index (χ0v) is 19.5. The Hall–Kier alpha value is -2.09. The van der Waals surface area contributed by atoms with Crippen LogP contribution in [0.1, 0.15) is 37.0 Å². The summed E-state index contributed by atoms with van der Waals surface area (Å²) in [5.74, 6) is 1.17. The van der Waals surface area contributed by atoms with Crippen LogP contribution in [0.4, 0.5) is 5.69 Å². The number of carbonyl (C=O) groups is 1. The second-order valence-corrected chi connectivity index (χ2v) is 10.5. The highest BCUT2D eigenvalue weighted by Crippen LogP contribution is 2.24. The fourth-order valence-corrected chi connectivity index (χ4v) is 5.49. The predicted octanol–water partition coefficient (Wildman–Crippen LogP) is 4.24. The lowest BCUT2D eigenvalue weighted by atomic mass is 9.92. The molecular formula is C23H30ClN3O3S. The molecule has 2 unspecified atom stereocenters. The van der Waals surface area contributed by atoms with E-state index in [-0.39, 0.29) is 15.8 Å². The molecule has 31 heavy (non-hydrogen) atoms. The van der Waals surface area contributed by atoms with Crippen molar-refractivity contribution >= 4 is 33.2 Å². The molecule has 0 saturated carbocycles. The molecule has 1 amide bonds. The van der Waals surface area contributed by atoms with Crippen molar-refractivity contribution in [1.29, 1.82) is 0 Å². The Kier molecular flexibility index (Phi) is 7.97. The van der Waals surface area contributed by atoms with Gasteiger partial charge >= 0.3 is 0 Å². The summed E-state index contributed by atoms with van der Waals surface area (Å²) in [5.41, 5.74) is 0.628. The van der Waals surface area contributed by atoms with Crippen LogP contribution in [0.2, 0.25) is 5.02 Å². The Balaban J connectivity index is 1.52. The van der Waals surface area contributed by atoms with Gasteiger partial charge in [0.25, 0.3) is 15.9 Å². The SMILES string of the molecule is CC1CC(C)CN(CCCNC(=O)c2ccc(NS(=O)(=O)c3ccccc3)cc2Cl)C1. The van der Waals surface area contributed by atoms with Crippen molar-refractivity contribution in [3.8, 4) is 0 Å². The molecule has 168 valence electrons. The van der Waals surface area contributed by atoms with Crippen molar-refractivity contribution in [3.05, 3.63) is 59.1 Å². The minimum absolute atomic E-state index is 0.158. The minimum atomic E-state index is -3.71. The van der Waals surface area contributed by atoms with Crippen LogP contribution in [0, 0.1) is 11.8 Å². The Morgan fingerprint density at radius 3 is 2.42 bits per heavy atom. The smallest absolute Gasteiger partial charge is 0.261 e. The zero-order chi connectivity index (χ0) is 22.4. The molecule has 1 aliphatic rings. The van der Waals surface area contributed by atoms with Crippen molar-refractivity contribution in [1.82, 2.24) is 10.2 Å². The number of nitrogens with one attached hydrogen (secondary N) is 2. The van der Waals surface area contributed by atoms with Crippen molar-refractivity contribution < 1.29 is 13.2 Å². The number of likely N-dealkylation sites (tertiary alicyclic amines) is 1. The van der Waals surface area contributed by atoms with Crippen LogP contribution in [0.15, 0.2) is 53.4 Å². The van der Waals surface area contributed by atoms with Gasteiger partial charge in [-0.05, 0) is 61.6 Å². The summed E-state index contributed by atoms with van der Waals surface area (Å²) >= 11 is 6.26. The van der Waals surface area contributed by atoms with Crippen LogP contribution >= 0.6 is 11.6 Å². The van der Waals surface area contributed by atoms with Crippen molar-refractivity contribution in [2.45, 2.75) is 31.6 Å². The van der Waals surface area contributed by atoms with Crippen LogP contribution in [0.25, 0.3) is 0 Å². The number of piperidine rings is 1. The van der Waals surface area contributed by atoms with E-state index in [1.165, 1.54) is 36.8 Å². The largest absolute Gasteiger partial charge is 0.352 e. The maximum atomic E-state index is 12.5. The first-order valence-corrected chi connectivity index (χ1v) is 12.5. The van der Waals surface area contributed by atoms with E-state index in [9.17, 15) is 13.2 Å². The summed E-state index contributed by atoms with van der Waals surface area (Å²) < 4.78 is 27.4. The molecule has 3 rings (SSSR count). The molecular weight excluding hydrogens is 434 g/mol. The first kappa shape index (κ1) is 23.6. The van der Waals surface area contributed by atoms with Gasteiger partial charge in [0.1, 0.15) is 0 Å². The lowest BCUT2D eigenvalue weighted by molar-refractivity contribution is 0.0947. The van der Waals surface area contributed by atoms with Crippen molar-refractivity contribution in [2.24, 2.45) is 11.8 Å². The highest BCUT2D eigenvalue weighted by molar-refractivity contribution is 7.92. The predicted molar refractivity (Wildman–Crippen MR) is 125 cm³/mol. The van der Waals surface area contributed by atoms with Crippen LogP contribution < -0.4 is 10.0 Å². The lowest BCUT2D eigenvalue weighted by Gasteiger charge is -2.34. The number of sulfonamides is 1. The normalized spacial score (nSPS) is 19.7. The van der Waals surface area contributed by atoms with Gasteiger partial charge in [0.15, 0.2) is 0 Å². The zero-order valence-electron chi connectivity index (χ0n) is 18.0. The van der Waals surface area contributed by atoms with Gasteiger partial charge in [-0.1, -0.05) is 43.6 Å². The van der Waals surface area contributed by atoms with Gasteiger partial charge in [-0.15, -0.1) is 0 Å². The number of carbonyl (C=O) groups excluding carboxylic acids is 1. The lowest BCUT2D eigenvalue weighted by Crippen LogP contribution is -2.40. The highest BCUT2D eigenvalue weighted by Gasteiger charge is 2.21. The number of hydrogen-bond acceptors (Lipinski definition) is 4. The van der Waals surface area contributed by atoms with Crippen LogP contribution in [0.3, 0.4) is 0 Å². The Bertz CT molecular complexity index is 988. The van der Waals surface area contributed by atoms with Gasteiger partial charge in [0.05, 0.1) is 21.2 Å². The molecule has 0 bridgehead atoms. The maximum absolute atomic E-state index is 12.5. The number of nitrogens with zero attached hydrogens (tertiary/aromatic N) is 1. The Morgan fingerprint density at radius 1 is 1.10 bits per heavy atom. The summed E-state index contributed by atoms with van der Waals surface area (Å²) in [5, 5.41) is 3.11. The fourth-order valence-electron chi connectivity index (χ4n) is 4.15. The molecule has 0 aromatic heterocycles. The minimum Gasteiger partial charge on any atom is -0.352 e. The van der Waals surface area contributed by atoms with Crippen LogP contribution in [-0.2, 0) is 10.0 Å². The molecule has 1 heterocycles. The third-order valence-electron chi connectivity index (χ3n) is 5.40. The first-order valence-electron chi connectivity index (χ1n) is 10.6. The molecule has 8 heteroatoms. The highest BCUT2D eigenvalue weighted by atomic mass is 35.5. The van der Waals surface area contributed by atoms with E-state index < -0.39 is 10.0 Å². The molecule has 0 radical (unpaired) electrons. The van der Waals surface area contributed by atoms with E-state index in [1.807, 2.05) is 0 Å². The Morgan fingerprint density at radius 2 is 1.77 bits per heavy atom. The second kappa shape index (κ2) is 10.5. The molecule has 1 fully saturated rings. The van der Waals surface area contributed by atoms with E-state index in [2.05, 4.69) is 28.8 Å². The number of benzene rings is 2.